The number of aliphatic imine (C=N–C) groups is 1. The largest absolute Gasteiger partial charge is 0.357 e. The van der Waals surface area contributed by atoms with Crippen LogP contribution in [0.5, 0.6) is 0 Å². The molecular formula is C17H30IN7S. The van der Waals surface area contributed by atoms with Crippen molar-refractivity contribution < 1.29 is 0 Å². The summed E-state index contributed by atoms with van der Waals surface area (Å²) in [5.74, 6) is 1.85. The first-order valence-corrected chi connectivity index (χ1v) is 9.62. The van der Waals surface area contributed by atoms with Crippen molar-refractivity contribution in [3.8, 4) is 0 Å². The van der Waals surface area contributed by atoms with Crippen LogP contribution < -0.4 is 10.6 Å². The van der Waals surface area contributed by atoms with E-state index in [-0.39, 0.29) is 24.0 Å². The summed E-state index contributed by atoms with van der Waals surface area (Å²) in [6.45, 7) is 7.32. The van der Waals surface area contributed by atoms with Gasteiger partial charge in [-0.2, -0.15) is 0 Å². The van der Waals surface area contributed by atoms with Gasteiger partial charge in [-0.15, -0.1) is 45.5 Å². The van der Waals surface area contributed by atoms with Crippen LogP contribution in [-0.4, -0.2) is 59.4 Å². The third kappa shape index (κ3) is 6.84. The number of thiophene rings is 1. The summed E-state index contributed by atoms with van der Waals surface area (Å²) in [7, 11) is 4.19. The third-order valence-corrected chi connectivity index (χ3v) is 4.89. The fourth-order valence-corrected chi connectivity index (χ4v) is 3.46. The molecule has 2 heterocycles. The molecule has 0 spiro atoms. The van der Waals surface area contributed by atoms with E-state index in [1.165, 1.54) is 4.88 Å². The third-order valence-electron chi connectivity index (χ3n) is 3.92. The Morgan fingerprint density at radius 3 is 2.77 bits per heavy atom. The standard InChI is InChI=1S/C17H29N7S.HI/c1-5-16-22-21-13-24(16)10-9-19-17(18-6-2)20-12-14(23(3)4)15-8-7-11-25-15;/h7-8,11,13-14H,5-6,9-10,12H2,1-4H3,(H2,18,19,20);1H. The lowest BCUT2D eigenvalue weighted by Gasteiger charge is -2.22. The van der Waals surface area contributed by atoms with E-state index >= 15 is 0 Å². The van der Waals surface area contributed by atoms with Crippen molar-refractivity contribution in [2.75, 3.05) is 33.7 Å². The van der Waals surface area contributed by atoms with Crippen LogP contribution in [0.25, 0.3) is 0 Å². The van der Waals surface area contributed by atoms with Crippen molar-refractivity contribution in [1.29, 1.82) is 0 Å². The van der Waals surface area contributed by atoms with Gasteiger partial charge < -0.3 is 20.1 Å². The van der Waals surface area contributed by atoms with Gasteiger partial charge in [0.25, 0.3) is 0 Å². The molecule has 146 valence electrons. The first kappa shape index (κ1) is 22.8. The predicted molar refractivity (Wildman–Crippen MR) is 120 cm³/mol. The Hall–Kier alpha value is -1.20. The molecule has 0 aliphatic heterocycles. The maximum Gasteiger partial charge on any atom is 0.191 e. The Balaban J connectivity index is 0.00000338. The van der Waals surface area contributed by atoms with Gasteiger partial charge in [-0.1, -0.05) is 13.0 Å². The topological polar surface area (TPSA) is 70.4 Å². The zero-order valence-electron chi connectivity index (χ0n) is 16.0. The molecule has 2 aromatic heterocycles. The van der Waals surface area contributed by atoms with Gasteiger partial charge in [-0.25, -0.2) is 0 Å². The number of likely N-dealkylation sites (N-methyl/N-ethyl adjacent to an activating group) is 1. The molecule has 0 radical (unpaired) electrons. The van der Waals surface area contributed by atoms with Crippen LogP contribution in [0.1, 0.15) is 30.6 Å². The lowest BCUT2D eigenvalue weighted by molar-refractivity contribution is 0.310. The van der Waals surface area contributed by atoms with Gasteiger partial charge in [0.05, 0.1) is 12.6 Å². The zero-order chi connectivity index (χ0) is 18.1. The number of aryl methyl sites for hydroxylation is 1. The quantitative estimate of drug-likeness (QED) is 0.320. The Labute approximate surface area is 177 Å². The van der Waals surface area contributed by atoms with Crippen molar-refractivity contribution in [3.05, 3.63) is 34.5 Å². The summed E-state index contributed by atoms with van der Waals surface area (Å²) < 4.78 is 2.07. The molecule has 2 N–H and O–H groups in total. The molecule has 1 atom stereocenters. The normalized spacial score (nSPS) is 12.7. The summed E-state index contributed by atoms with van der Waals surface area (Å²) >= 11 is 1.78. The molecule has 0 fully saturated rings. The summed E-state index contributed by atoms with van der Waals surface area (Å²) in [4.78, 5) is 8.32. The molecule has 26 heavy (non-hydrogen) atoms. The van der Waals surface area contributed by atoms with E-state index in [9.17, 15) is 0 Å². The first-order chi connectivity index (χ1) is 12.2. The molecule has 0 amide bonds. The van der Waals surface area contributed by atoms with E-state index < -0.39 is 0 Å². The molecule has 2 aromatic rings. The highest BCUT2D eigenvalue weighted by atomic mass is 127. The van der Waals surface area contributed by atoms with Gasteiger partial charge in [-0.05, 0) is 32.5 Å². The van der Waals surface area contributed by atoms with Gasteiger partial charge >= 0.3 is 0 Å². The highest BCUT2D eigenvalue weighted by Crippen LogP contribution is 2.23. The average molecular weight is 491 g/mol. The van der Waals surface area contributed by atoms with Crippen LogP contribution in [0, 0.1) is 0 Å². The van der Waals surface area contributed by atoms with E-state index in [2.05, 4.69) is 75.8 Å². The molecule has 0 saturated heterocycles. The highest BCUT2D eigenvalue weighted by molar-refractivity contribution is 14.0. The Bertz CT molecular complexity index is 639. The summed E-state index contributed by atoms with van der Waals surface area (Å²) in [5.41, 5.74) is 0. The Morgan fingerprint density at radius 1 is 1.35 bits per heavy atom. The Morgan fingerprint density at radius 2 is 2.15 bits per heavy atom. The fraction of sp³-hybridized carbons (Fsp3) is 0.588. The number of hydrogen-bond acceptors (Lipinski definition) is 5. The molecule has 1 unspecified atom stereocenters. The molecular weight excluding hydrogens is 461 g/mol. The van der Waals surface area contributed by atoms with E-state index in [0.717, 1.165) is 44.4 Å². The minimum Gasteiger partial charge on any atom is -0.357 e. The number of halogens is 1. The van der Waals surface area contributed by atoms with Crippen molar-refractivity contribution in [1.82, 2.24) is 30.3 Å². The minimum absolute atomic E-state index is 0. The lowest BCUT2D eigenvalue weighted by atomic mass is 10.2. The number of nitrogens with zero attached hydrogens (tertiary/aromatic N) is 5. The van der Waals surface area contributed by atoms with Gasteiger partial charge in [-0.3, -0.25) is 4.99 Å². The van der Waals surface area contributed by atoms with Gasteiger partial charge in [0.1, 0.15) is 12.2 Å². The summed E-state index contributed by atoms with van der Waals surface area (Å²) in [5, 5.41) is 16.9. The van der Waals surface area contributed by atoms with E-state index in [4.69, 9.17) is 4.99 Å². The van der Waals surface area contributed by atoms with Crippen LogP contribution in [0.15, 0.2) is 28.8 Å². The van der Waals surface area contributed by atoms with Crippen LogP contribution in [-0.2, 0) is 13.0 Å². The van der Waals surface area contributed by atoms with Crippen LogP contribution >= 0.6 is 35.3 Å². The SMILES string of the molecule is CCNC(=NCC(c1cccs1)N(C)C)NCCn1cnnc1CC.I. The second-order valence-electron chi connectivity index (χ2n) is 5.94. The number of rotatable bonds is 9. The Kier molecular flexibility index (Phi) is 10.7. The molecule has 7 nitrogen and oxygen atoms in total. The van der Waals surface area contributed by atoms with Crippen molar-refractivity contribution in [3.63, 3.8) is 0 Å². The first-order valence-electron chi connectivity index (χ1n) is 8.74. The molecule has 0 aliphatic rings. The molecule has 9 heteroatoms. The van der Waals surface area contributed by atoms with Gasteiger partial charge in [0.2, 0.25) is 0 Å². The fourth-order valence-electron chi connectivity index (χ4n) is 2.54. The summed E-state index contributed by atoms with van der Waals surface area (Å²) in [6.07, 6.45) is 2.67. The maximum atomic E-state index is 4.77. The van der Waals surface area contributed by atoms with Crippen LogP contribution in [0.2, 0.25) is 0 Å². The van der Waals surface area contributed by atoms with Crippen LogP contribution in [0.3, 0.4) is 0 Å². The van der Waals surface area contributed by atoms with Gasteiger partial charge in [0, 0.05) is 30.9 Å². The second kappa shape index (κ2) is 12.2. The smallest absolute Gasteiger partial charge is 0.191 e. The number of aromatic nitrogens is 3. The van der Waals surface area contributed by atoms with E-state index in [0.29, 0.717) is 6.04 Å². The van der Waals surface area contributed by atoms with Crippen molar-refractivity contribution >= 4 is 41.3 Å². The molecule has 0 saturated carbocycles. The van der Waals surface area contributed by atoms with Gasteiger partial charge in [0.15, 0.2) is 5.96 Å². The lowest BCUT2D eigenvalue weighted by Crippen LogP contribution is -2.39. The minimum atomic E-state index is 0. The van der Waals surface area contributed by atoms with E-state index in [1.807, 2.05) is 0 Å². The number of nitrogens with one attached hydrogen (secondary N) is 2. The predicted octanol–water partition coefficient (Wildman–Crippen LogP) is 2.38. The molecule has 0 aliphatic carbocycles. The molecule has 2 rings (SSSR count). The van der Waals surface area contributed by atoms with E-state index in [1.54, 1.807) is 17.7 Å². The van der Waals surface area contributed by atoms with Crippen LogP contribution in [0.4, 0.5) is 0 Å². The second-order valence-corrected chi connectivity index (χ2v) is 6.91. The molecule has 0 aromatic carbocycles. The molecule has 0 bridgehead atoms. The average Bonchev–Trinajstić information content (AvgIpc) is 3.26. The monoisotopic (exact) mass is 491 g/mol. The summed E-state index contributed by atoms with van der Waals surface area (Å²) in [6, 6.07) is 4.55. The van der Waals surface area contributed by atoms with Crippen molar-refractivity contribution in [2.24, 2.45) is 4.99 Å². The number of hydrogen-bond donors (Lipinski definition) is 2. The number of guanidine groups is 1. The maximum absolute atomic E-state index is 4.77. The zero-order valence-corrected chi connectivity index (χ0v) is 19.1. The van der Waals surface area contributed by atoms with Crippen molar-refractivity contribution in [2.45, 2.75) is 32.9 Å². The highest BCUT2D eigenvalue weighted by Gasteiger charge is 2.14.